The molecule has 3 heterocycles. The van der Waals surface area contributed by atoms with Crippen LogP contribution in [0.25, 0.3) is 0 Å². The summed E-state index contributed by atoms with van der Waals surface area (Å²) in [7, 11) is 3.83. The van der Waals surface area contributed by atoms with E-state index in [1.165, 1.54) is 11.8 Å². The number of rotatable bonds is 6. The number of aromatic nitrogens is 5. The van der Waals surface area contributed by atoms with Crippen LogP contribution in [0.15, 0.2) is 9.68 Å². The maximum Gasteiger partial charge on any atom is 0.255 e. The molecule has 1 saturated heterocycles. The van der Waals surface area contributed by atoms with E-state index >= 15 is 0 Å². The van der Waals surface area contributed by atoms with E-state index in [1.807, 2.05) is 18.7 Å². The SMILES string of the molecule is CNCc1nnc(SCc2noc([C@H]3CCCO3)n2)n1C. The van der Waals surface area contributed by atoms with Gasteiger partial charge in [0.15, 0.2) is 11.0 Å². The molecule has 0 aliphatic carbocycles. The Morgan fingerprint density at radius 3 is 3.10 bits per heavy atom. The number of hydrogen-bond acceptors (Lipinski definition) is 8. The van der Waals surface area contributed by atoms with Crippen molar-refractivity contribution in [2.24, 2.45) is 7.05 Å². The first-order valence-electron chi connectivity index (χ1n) is 6.87. The molecule has 2 aromatic rings. The highest BCUT2D eigenvalue weighted by Gasteiger charge is 2.24. The van der Waals surface area contributed by atoms with E-state index in [0.29, 0.717) is 24.0 Å². The Kier molecular flexibility index (Phi) is 4.51. The van der Waals surface area contributed by atoms with Crippen LogP contribution in [0, 0.1) is 0 Å². The molecule has 1 atom stereocenters. The molecule has 8 nitrogen and oxygen atoms in total. The molecule has 3 rings (SSSR count). The van der Waals surface area contributed by atoms with Crippen LogP contribution in [0.5, 0.6) is 0 Å². The van der Waals surface area contributed by atoms with Crippen molar-refractivity contribution in [3.63, 3.8) is 0 Å². The second-order valence-corrected chi connectivity index (χ2v) is 5.77. The highest BCUT2D eigenvalue weighted by atomic mass is 32.2. The molecule has 0 saturated carbocycles. The van der Waals surface area contributed by atoms with Gasteiger partial charge in [-0.3, -0.25) is 0 Å². The highest BCUT2D eigenvalue weighted by molar-refractivity contribution is 7.98. The molecular formula is C12H18N6O2S. The Balaban J connectivity index is 1.60. The van der Waals surface area contributed by atoms with Crippen LogP contribution < -0.4 is 5.32 Å². The summed E-state index contributed by atoms with van der Waals surface area (Å²) in [5, 5.41) is 16.2. The molecule has 0 radical (unpaired) electrons. The van der Waals surface area contributed by atoms with Gasteiger partial charge in [0.05, 0.1) is 12.3 Å². The fourth-order valence-corrected chi connectivity index (χ4v) is 2.91. The fourth-order valence-electron chi connectivity index (χ4n) is 2.14. The highest BCUT2D eigenvalue weighted by Crippen LogP contribution is 2.28. The van der Waals surface area contributed by atoms with Crippen LogP contribution in [-0.4, -0.2) is 38.6 Å². The number of thioether (sulfide) groups is 1. The van der Waals surface area contributed by atoms with Gasteiger partial charge in [0.2, 0.25) is 0 Å². The molecule has 114 valence electrons. The second kappa shape index (κ2) is 6.54. The van der Waals surface area contributed by atoms with Gasteiger partial charge in [-0.2, -0.15) is 4.98 Å². The van der Waals surface area contributed by atoms with Gasteiger partial charge < -0.3 is 19.1 Å². The van der Waals surface area contributed by atoms with E-state index in [1.54, 1.807) is 0 Å². The third kappa shape index (κ3) is 3.25. The number of nitrogens with zero attached hydrogens (tertiary/aromatic N) is 5. The molecule has 1 N–H and O–H groups in total. The first kappa shape index (κ1) is 14.5. The van der Waals surface area contributed by atoms with E-state index in [-0.39, 0.29) is 6.10 Å². The standard InChI is InChI=1S/C12H18N6O2S/c1-13-6-10-15-16-12(18(10)2)21-7-9-14-11(20-17-9)8-4-3-5-19-8/h8,13H,3-7H2,1-2H3/t8-/m1/s1. The maximum absolute atomic E-state index is 5.53. The predicted octanol–water partition coefficient (Wildman–Crippen LogP) is 1.06. The average Bonchev–Trinajstić information content (AvgIpc) is 3.19. The lowest BCUT2D eigenvalue weighted by molar-refractivity contribution is 0.0835. The Morgan fingerprint density at radius 2 is 2.33 bits per heavy atom. The lowest BCUT2D eigenvalue weighted by Crippen LogP contribution is -2.10. The van der Waals surface area contributed by atoms with E-state index in [9.17, 15) is 0 Å². The Labute approximate surface area is 126 Å². The van der Waals surface area contributed by atoms with Gasteiger partial charge in [0.25, 0.3) is 5.89 Å². The van der Waals surface area contributed by atoms with E-state index in [0.717, 1.165) is 30.4 Å². The van der Waals surface area contributed by atoms with Gasteiger partial charge in [-0.1, -0.05) is 16.9 Å². The van der Waals surface area contributed by atoms with E-state index < -0.39 is 0 Å². The van der Waals surface area contributed by atoms with Crippen molar-refractivity contribution in [3.05, 3.63) is 17.5 Å². The largest absolute Gasteiger partial charge is 0.368 e. The second-order valence-electron chi connectivity index (χ2n) is 4.83. The summed E-state index contributed by atoms with van der Waals surface area (Å²) in [6.45, 7) is 1.46. The van der Waals surface area contributed by atoms with Gasteiger partial charge >= 0.3 is 0 Å². The summed E-state index contributed by atoms with van der Waals surface area (Å²) >= 11 is 1.54. The van der Waals surface area contributed by atoms with Crippen LogP contribution >= 0.6 is 11.8 Å². The molecule has 0 spiro atoms. The summed E-state index contributed by atoms with van der Waals surface area (Å²) in [4.78, 5) is 4.39. The topological polar surface area (TPSA) is 90.9 Å². The maximum atomic E-state index is 5.53. The zero-order valence-electron chi connectivity index (χ0n) is 12.1. The van der Waals surface area contributed by atoms with Crippen LogP contribution in [0.3, 0.4) is 0 Å². The molecule has 1 aliphatic rings. The molecule has 0 aromatic carbocycles. The first-order chi connectivity index (χ1) is 10.3. The van der Waals surface area contributed by atoms with E-state index in [4.69, 9.17) is 9.26 Å². The van der Waals surface area contributed by atoms with Gasteiger partial charge in [-0.05, 0) is 19.9 Å². The quantitative estimate of drug-likeness (QED) is 0.792. The number of hydrogen-bond donors (Lipinski definition) is 1. The first-order valence-corrected chi connectivity index (χ1v) is 7.86. The lowest BCUT2D eigenvalue weighted by atomic mass is 10.2. The number of ether oxygens (including phenoxy) is 1. The Morgan fingerprint density at radius 1 is 1.43 bits per heavy atom. The zero-order valence-corrected chi connectivity index (χ0v) is 12.9. The summed E-state index contributed by atoms with van der Waals surface area (Å²) in [6.07, 6.45) is 1.96. The average molecular weight is 310 g/mol. The van der Waals surface area contributed by atoms with Crippen molar-refractivity contribution in [3.8, 4) is 0 Å². The van der Waals surface area contributed by atoms with Crippen LogP contribution in [0.4, 0.5) is 0 Å². The molecule has 9 heteroatoms. The Bertz CT molecular complexity index is 592. The van der Waals surface area contributed by atoms with Crippen molar-refractivity contribution in [1.29, 1.82) is 0 Å². The predicted molar refractivity (Wildman–Crippen MR) is 75.6 cm³/mol. The van der Waals surface area contributed by atoms with Crippen molar-refractivity contribution in [1.82, 2.24) is 30.2 Å². The van der Waals surface area contributed by atoms with Crippen molar-refractivity contribution in [2.75, 3.05) is 13.7 Å². The third-order valence-electron chi connectivity index (χ3n) is 3.28. The van der Waals surface area contributed by atoms with Gasteiger partial charge in [-0.25, -0.2) is 0 Å². The molecule has 0 bridgehead atoms. The zero-order chi connectivity index (χ0) is 14.7. The minimum atomic E-state index is -0.0340. The molecule has 0 unspecified atom stereocenters. The normalized spacial score (nSPS) is 18.5. The van der Waals surface area contributed by atoms with Crippen LogP contribution in [0.1, 0.15) is 36.5 Å². The summed E-state index contributed by atoms with van der Waals surface area (Å²) in [6, 6.07) is 0. The minimum Gasteiger partial charge on any atom is -0.368 e. The van der Waals surface area contributed by atoms with Gasteiger partial charge in [0.1, 0.15) is 11.9 Å². The minimum absolute atomic E-state index is 0.0340. The van der Waals surface area contributed by atoms with E-state index in [2.05, 4.69) is 25.7 Å². The third-order valence-corrected chi connectivity index (χ3v) is 4.30. The lowest BCUT2D eigenvalue weighted by Gasteiger charge is -2.01. The molecule has 2 aromatic heterocycles. The van der Waals surface area contributed by atoms with Crippen molar-refractivity contribution in [2.45, 2.75) is 36.4 Å². The summed E-state index contributed by atoms with van der Waals surface area (Å²) in [5.41, 5.74) is 0. The molecule has 1 fully saturated rings. The Hall–Kier alpha value is -1.45. The number of nitrogens with one attached hydrogen (secondary N) is 1. The van der Waals surface area contributed by atoms with Crippen LogP contribution in [0.2, 0.25) is 0 Å². The summed E-state index contributed by atoms with van der Waals surface area (Å²) < 4.78 is 12.7. The molecular weight excluding hydrogens is 292 g/mol. The van der Waals surface area contributed by atoms with Gasteiger partial charge in [-0.15, -0.1) is 10.2 Å². The van der Waals surface area contributed by atoms with Crippen molar-refractivity contribution >= 4 is 11.8 Å². The monoisotopic (exact) mass is 310 g/mol. The molecule has 1 aliphatic heterocycles. The molecule has 21 heavy (non-hydrogen) atoms. The van der Waals surface area contributed by atoms with Crippen molar-refractivity contribution < 1.29 is 9.26 Å². The summed E-state index contributed by atoms with van der Waals surface area (Å²) in [5.74, 6) is 2.73. The molecule has 0 amide bonds. The van der Waals surface area contributed by atoms with Gasteiger partial charge in [0, 0.05) is 13.7 Å². The smallest absolute Gasteiger partial charge is 0.255 e. The fraction of sp³-hybridized carbons (Fsp3) is 0.667. The van der Waals surface area contributed by atoms with Crippen LogP contribution in [-0.2, 0) is 24.1 Å².